The van der Waals surface area contributed by atoms with E-state index in [9.17, 15) is 97.9 Å². The molecule has 0 unspecified atom stereocenters. The quantitative estimate of drug-likeness (QED) is 0.0395. The first-order valence-corrected chi connectivity index (χ1v) is 24.8. The van der Waals surface area contributed by atoms with Gasteiger partial charge < -0.3 is 97.9 Å². The average Bonchev–Trinajstić information content (AvgIpc) is 3.04. The normalized spacial score (nSPS) is 14.1. The van der Waals surface area contributed by atoms with Crippen LogP contribution in [0.15, 0.2) is 60.7 Å². The Bertz CT molecular complexity index is 1350. The van der Waals surface area contributed by atoms with Crippen molar-refractivity contribution in [1.82, 2.24) is 0 Å². The molecule has 20 N–H and O–H groups in total. The molecule has 0 atom stereocenters. The lowest BCUT2D eigenvalue weighted by molar-refractivity contribution is -0.505. The van der Waals surface area contributed by atoms with Crippen molar-refractivity contribution in [2.75, 3.05) is 0 Å². The predicted octanol–water partition coefficient (Wildman–Crippen LogP) is -1.05. The standard InChI is InChI=1S/C17H30O30P10/c18-48(19)38-13(11-7-3-1-4-8-11,12-9-5-2-6-10-12)14(39-49(20)21,40-50(22)23)15(41-51(24)25,42-52(26)27)16(43-53(28)29,44-54(30)31)17(45-55(32)33,46-56(34)35)47-57(36)37/h1-10,18-37H. The number of benzene rings is 2. The maximum Gasteiger partial charge on any atom is 0.367 e. The summed E-state index contributed by atoms with van der Waals surface area (Å²) in [5, 5.41) is 0. The second kappa shape index (κ2) is 24.0. The third kappa shape index (κ3) is 13.3. The van der Waals surface area contributed by atoms with Gasteiger partial charge in [-0.2, -0.15) is 0 Å². The highest BCUT2D eigenvalue weighted by atomic mass is 31.2. The van der Waals surface area contributed by atoms with E-state index in [0.29, 0.717) is 0 Å². The van der Waals surface area contributed by atoms with Crippen molar-refractivity contribution in [3.8, 4) is 0 Å². The van der Waals surface area contributed by atoms with Gasteiger partial charge in [0.2, 0.25) is 0 Å². The summed E-state index contributed by atoms with van der Waals surface area (Å²) >= 11 is 0. The molecule has 0 aliphatic heterocycles. The van der Waals surface area contributed by atoms with Gasteiger partial charge in [0, 0.05) is 0 Å². The van der Waals surface area contributed by atoms with Gasteiger partial charge in [-0.25, -0.2) is 13.6 Å². The minimum absolute atomic E-state index is 0.825. The van der Waals surface area contributed by atoms with Crippen molar-refractivity contribution in [2.45, 2.75) is 28.9 Å². The zero-order valence-electron chi connectivity index (χ0n) is 26.8. The third-order valence-corrected chi connectivity index (χ3v) is 10.3. The third-order valence-electron chi connectivity index (χ3n) is 6.18. The van der Waals surface area contributed by atoms with Crippen LogP contribution in [0.25, 0.3) is 0 Å². The topological polar surface area (TPSA) is 497 Å². The monoisotopic (exact) mass is 1020 g/mol. The summed E-state index contributed by atoms with van der Waals surface area (Å²) in [6, 6.07) is 9.90. The Balaban J connectivity index is 3.93. The summed E-state index contributed by atoms with van der Waals surface area (Å²) in [5.74, 6) is -20.8. The summed E-state index contributed by atoms with van der Waals surface area (Å²) in [6.07, 6.45) is 0. The molecule has 0 fully saturated rings. The van der Waals surface area contributed by atoms with Gasteiger partial charge in [0.25, 0.3) is 5.79 Å². The van der Waals surface area contributed by atoms with E-state index in [2.05, 4.69) is 13.6 Å². The van der Waals surface area contributed by atoms with Crippen LogP contribution >= 0.6 is 86.0 Å². The Morgan fingerprint density at radius 3 is 0.737 bits per heavy atom. The molecule has 0 aromatic heterocycles. The van der Waals surface area contributed by atoms with Gasteiger partial charge in [0.1, 0.15) is 0 Å². The molecular formula is C17H30O30P10. The minimum atomic E-state index is -5.39. The van der Waals surface area contributed by atoms with Gasteiger partial charge in [0.05, 0.1) is 0 Å². The van der Waals surface area contributed by atoms with Crippen molar-refractivity contribution in [3.63, 3.8) is 0 Å². The lowest BCUT2D eigenvalue weighted by atomic mass is 9.73. The van der Waals surface area contributed by atoms with Gasteiger partial charge in [-0.1, -0.05) is 60.7 Å². The van der Waals surface area contributed by atoms with Gasteiger partial charge in [-0.05, 0) is 11.1 Å². The van der Waals surface area contributed by atoms with Crippen molar-refractivity contribution in [2.24, 2.45) is 0 Å². The van der Waals surface area contributed by atoms with Crippen LogP contribution in [0.5, 0.6) is 0 Å². The van der Waals surface area contributed by atoms with Gasteiger partial charge in [-0.3, -0.25) is 31.7 Å². The average molecular weight is 1020 g/mol. The molecular weight excluding hydrogens is 994 g/mol. The van der Waals surface area contributed by atoms with Crippen LogP contribution in [0.4, 0.5) is 0 Å². The van der Waals surface area contributed by atoms with Crippen molar-refractivity contribution in [1.29, 1.82) is 0 Å². The molecule has 328 valence electrons. The molecule has 30 nitrogen and oxygen atoms in total. The highest BCUT2D eigenvalue weighted by molar-refractivity contribution is 7.42. The smallest absolute Gasteiger partial charge is 0.328 e. The molecule has 57 heavy (non-hydrogen) atoms. The molecule has 0 saturated heterocycles. The van der Waals surface area contributed by atoms with Crippen molar-refractivity contribution < 1.29 is 143 Å². The fourth-order valence-corrected chi connectivity index (χ4v) is 10.0. The lowest BCUT2D eigenvalue weighted by Gasteiger charge is -2.61. The number of hydrogen-bond donors (Lipinski definition) is 20. The summed E-state index contributed by atoms with van der Waals surface area (Å²) in [7, 11) is -45.9. The molecule has 2 rings (SSSR count). The largest absolute Gasteiger partial charge is 0.367 e. The first kappa shape index (κ1) is 54.7. The second-order valence-electron chi connectivity index (χ2n) is 9.26. The maximum absolute atomic E-state index is 10.6. The van der Waals surface area contributed by atoms with Crippen LogP contribution in [-0.2, 0) is 50.8 Å². The first-order valence-electron chi connectivity index (χ1n) is 13.2. The fraction of sp³-hybridized carbons (Fsp3) is 0.294. The van der Waals surface area contributed by atoms with Crippen LogP contribution in [0.2, 0.25) is 0 Å². The summed E-state index contributed by atoms with van der Waals surface area (Å²) in [5.41, 5.74) is -5.62. The van der Waals surface area contributed by atoms with Crippen LogP contribution in [0.3, 0.4) is 0 Å². The molecule has 40 heteroatoms. The molecule has 0 amide bonds. The van der Waals surface area contributed by atoms with E-state index < -0.39 is 126 Å². The predicted molar refractivity (Wildman–Crippen MR) is 189 cm³/mol. The van der Waals surface area contributed by atoms with Gasteiger partial charge >= 0.3 is 104 Å². The number of rotatable bonds is 26. The van der Waals surface area contributed by atoms with Crippen LogP contribution in [0.1, 0.15) is 11.1 Å². The van der Waals surface area contributed by atoms with Crippen LogP contribution in [-0.4, -0.2) is 121 Å². The number of hydrogen-bond acceptors (Lipinski definition) is 30. The van der Waals surface area contributed by atoms with E-state index in [0.717, 1.165) is 48.5 Å². The Morgan fingerprint density at radius 1 is 0.263 bits per heavy atom. The fourth-order valence-electron chi connectivity index (χ4n) is 4.84. The van der Waals surface area contributed by atoms with E-state index in [1.54, 1.807) is 0 Å². The Kier molecular flexibility index (Phi) is 23.0. The summed E-state index contributed by atoms with van der Waals surface area (Å²) < 4.78 is 49.4. The molecule has 2 aromatic rings. The Hall–Kier alpha value is 1.54. The zero-order valence-corrected chi connectivity index (χ0v) is 35.7. The molecule has 2 aromatic carbocycles. The summed E-state index contributed by atoms with van der Waals surface area (Å²) in [4.78, 5) is 208. The zero-order chi connectivity index (χ0) is 43.6. The van der Waals surface area contributed by atoms with Crippen molar-refractivity contribution in [3.05, 3.63) is 71.8 Å². The minimum Gasteiger partial charge on any atom is -0.328 e. The van der Waals surface area contributed by atoms with Crippen LogP contribution in [0, 0.1) is 0 Å². The maximum atomic E-state index is 10.6. The molecule has 0 bridgehead atoms. The Morgan fingerprint density at radius 2 is 0.491 bits per heavy atom. The first-order chi connectivity index (χ1) is 26.4. The van der Waals surface area contributed by atoms with Crippen LogP contribution < -0.4 is 0 Å². The highest BCUT2D eigenvalue weighted by Crippen LogP contribution is 2.73. The van der Waals surface area contributed by atoms with E-state index in [4.69, 9.17) is 31.7 Å². The van der Waals surface area contributed by atoms with Gasteiger partial charge in [-0.15, -0.1) is 0 Å². The Labute approximate surface area is 329 Å². The molecule has 0 aliphatic carbocycles. The second-order valence-corrected chi connectivity index (χ2v) is 16.1. The molecule has 0 spiro atoms. The van der Waals surface area contributed by atoms with E-state index in [1.807, 2.05) is 0 Å². The van der Waals surface area contributed by atoms with Crippen molar-refractivity contribution >= 4 is 86.0 Å². The van der Waals surface area contributed by atoms with E-state index in [-0.39, 0.29) is 0 Å². The van der Waals surface area contributed by atoms with E-state index in [1.165, 1.54) is 12.1 Å². The summed E-state index contributed by atoms with van der Waals surface area (Å²) in [6.45, 7) is 0. The molecule has 0 heterocycles. The molecule has 0 saturated carbocycles. The highest BCUT2D eigenvalue weighted by Gasteiger charge is 2.90. The molecule has 0 aliphatic rings. The SMILES string of the molecule is OP(O)OC(OP(O)O)(OP(O)O)C(OP(O)O)(OP(O)O)C(OP(O)O)(OP(O)O)C(OP(O)O)(OP(O)O)C(OP(O)O)(c1ccccc1)c1ccccc1. The molecule has 0 radical (unpaired) electrons. The van der Waals surface area contributed by atoms with E-state index >= 15 is 0 Å². The van der Waals surface area contributed by atoms with Gasteiger partial charge in [0.15, 0.2) is 5.60 Å². The lowest BCUT2D eigenvalue weighted by Crippen LogP contribution is -2.83.